The quantitative estimate of drug-likeness (QED) is 0.821. The van der Waals surface area contributed by atoms with E-state index in [2.05, 4.69) is 5.32 Å². The highest BCUT2D eigenvalue weighted by molar-refractivity contribution is 7.17. The molecule has 0 saturated carbocycles. The van der Waals surface area contributed by atoms with Crippen LogP contribution in [-0.4, -0.2) is 18.5 Å². The van der Waals surface area contributed by atoms with Crippen LogP contribution in [0.4, 0.5) is 13.8 Å². The predicted molar refractivity (Wildman–Crippen MR) is 91.2 cm³/mol. The van der Waals surface area contributed by atoms with Crippen molar-refractivity contribution in [2.75, 3.05) is 11.9 Å². The average Bonchev–Trinajstić information content (AvgIpc) is 2.92. The molecule has 1 aliphatic rings. The average molecular weight is 365 g/mol. The van der Waals surface area contributed by atoms with Crippen molar-refractivity contribution in [2.45, 2.75) is 32.6 Å². The summed E-state index contributed by atoms with van der Waals surface area (Å²) in [4.78, 5) is 25.8. The Hall–Kier alpha value is -2.28. The second-order valence-electron chi connectivity index (χ2n) is 5.75. The number of hydrogen-bond acceptors (Lipinski definition) is 4. The molecule has 4 nitrogen and oxygen atoms in total. The molecule has 1 N–H and O–H groups in total. The second kappa shape index (κ2) is 7.31. The number of esters is 1. The number of amides is 1. The molecule has 0 atom stereocenters. The highest BCUT2D eigenvalue weighted by Gasteiger charge is 2.27. The van der Waals surface area contributed by atoms with Crippen LogP contribution in [0.2, 0.25) is 0 Å². The van der Waals surface area contributed by atoms with E-state index in [1.54, 1.807) is 6.92 Å². The summed E-state index contributed by atoms with van der Waals surface area (Å²) in [5.74, 6) is -2.81. The van der Waals surface area contributed by atoms with Crippen molar-refractivity contribution in [3.05, 3.63) is 51.4 Å². The number of aryl methyl sites for hydroxylation is 1. The van der Waals surface area contributed by atoms with Crippen molar-refractivity contribution in [1.82, 2.24) is 0 Å². The van der Waals surface area contributed by atoms with E-state index < -0.39 is 23.5 Å². The Morgan fingerprint density at radius 1 is 1.16 bits per heavy atom. The number of nitrogens with one attached hydrogen (secondary N) is 1. The second-order valence-corrected chi connectivity index (χ2v) is 6.85. The Kier molecular flexibility index (Phi) is 5.13. The Balaban J connectivity index is 1.94. The lowest BCUT2D eigenvalue weighted by Crippen LogP contribution is -2.16. The molecule has 0 bridgehead atoms. The van der Waals surface area contributed by atoms with Gasteiger partial charge in [0.2, 0.25) is 0 Å². The number of thiophene rings is 1. The van der Waals surface area contributed by atoms with Crippen LogP contribution in [0.25, 0.3) is 0 Å². The van der Waals surface area contributed by atoms with Crippen LogP contribution in [0.3, 0.4) is 0 Å². The monoisotopic (exact) mass is 365 g/mol. The van der Waals surface area contributed by atoms with Crippen LogP contribution in [0.5, 0.6) is 0 Å². The van der Waals surface area contributed by atoms with E-state index in [0.717, 1.165) is 48.3 Å². The first kappa shape index (κ1) is 17.5. The van der Waals surface area contributed by atoms with E-state index in [1.165, 1.54) is 11.3 Å². The molecule has 132 valence electrons. The lowest BCUT2D eigenvalue weighted by molar-refractivity contribution is 0.0526. The van der Waals surface area contributed by atoms with Gasteiger partial charge in [-0.15, -0.1) is 11.3 Å². The number of ether oxygens (including phenoxy) is 1. The molecule has 1 aromatic carbocycles. The lowest BCUT2D eigenvalue weighted by Gasteiger charge is -2.12. The summed E-state index contributed by atoms with van der Waals surface area (Å²) in [5.41, 5.74) is 1.14. The number of carbonyl (C=O) groups excluding carboxylic acids is 2. The van der Waals surface area contributed by atoms with E-state index in [4.69, 9.17) is 4.74 Å². The van der Waals surface area contributed by atoms with Gasteiger partial charge in [-0.2, -0.15) is 0 Å². The zero-order chi connectivity index (χ0) is 18.0. The number of halogens is 2. The van der Waals surface area contributed by atoms with Crippen LogP contribution in [0.15, 0.2) is 18.2 Å². The highest BCUT2D eigenvalue weighted by Crippen LogP contribution is 2.38. The van der Waals surface area contributed by atoms with E-state index in [1.807, 2.05) is 0 Å². The van der Waals surface area contributed by atoms with Crippen molar-refractivity contribution in [1.29, 1.82) is 0 Å². The molecule has 0 aliphatic heterocycles. The summed E-state index contributed by atoms with van der Waals surface area (Å²) in [6.45, 7) is 1.94. The van der Waals surface area contributed by atoms with Crippen molar-refractivity contribution < 1.29 is 23.1 Å². The molecule has 0 unspecified atom stereocenters. The first-order valence-corrected chi connectivity index (χ1v) is 8.90. The molecule has 1 aromatic heterocycles. The van der Waals surface area contributed by atoms with Crippen molar-refractivity contribution >= 4 is 28.2 Å². The van der Waals surface area contributed by atoms with Crippen molar-refractivity contribution in [3.8, 4) is 0 Å². The highest BCUT2D eigenvalue weighted by atomic mass is 32.1. The third kappa shape index (κ3) is 3.71. The van der Waals surface area contributed by atoms with Crippen LogP contribution >= 0.6 is 11.3 Å². The van der Waals surface area contributed by atoms with E-state index >= 15 is 0 Å². The third-order valence-electron chi connectivity index (χ3n) is 4.00. The molecular weight excluding hydrogens is 348 g/mol. The third-order valence-corrected chi connectivity index (χ3v) is 5.21. The lowest BCUT2D eigenvalue weighted by atomic mass is 9.95. The number of anilines is 1. The molecule has 0 spiro atoms. The number of fused-ring (bicyclic) bond motifs is 1. The van der Waals surface area contributed by atoms with Crippen molar-refractivity contribution in [3.63, 3.8) is 0 Å². The molecule has 7 heteroatoms. The Bertz CT molecular complexity index is 812. The zero-order valence-corrected chi connectivity index (χ0v) is 14.5. The summed E-state index contributed by atoms with van der Waals surface area (Å²) in [5, 5.41) is 3.00. The van der Waals surface area contributed by atoms with Gasteiger partial charge in [0.25, 0.3) is 5.91 Å². The van der Waals surface area contributed by atoms with Crippen molar-refractivity contribution in [2.24, 2.45) is 0 Å². The SMILES string of the molecule is CCOC(=O)c1c(NC(=O)c2cc(F)cc(F)c2)sc2c1CCCC2. The molecule has 0 radical (unpaired) electrons. The predicted octanol–water partition coefficient (Wildman–Crippen LogP) is 4.33. The molecule has 1 aliphatic carbocycles. The first-order valence-electron chi connectivity index (χ1n) is 8.08. The summed E-state index contributed by atoms with van der Waals surface area (Å²) >= 11 is 1.33. The van der Waals surface area contributed by atoms with Gasteiger partial charge in [0.1, 0.15) is 16.6 Å². The minimum Gasteiger partial charge on any atom is -0.462 e. The van der Waals surface area contributed by atoms with E-state index in [-0.39, 0.29) is 12.2 Å². The van der Waals surface area contributed by atoms with Gasteiger partial charge in [-0.1, -0.05) is 0 Å². The van der Waals surface area contributed by atoms with E-state index in [9.17, 15) is 18.4 Å². The van der Waals surface area contributed by atoms with Crippen LogP contribution < -0.4 is 5.32 Å². The summed E-state index contributed by atoms with van der Waals surface area (Å²) in [7, 11) is 0. The Morgan fingerprint density at radius 2 is 1.84 bits per heavy atom. The molecule has 1 amide bonds. The topological polar surface area (TPSA) is 55.4 Å². The number of benzene rings is 1. The van der Waals surface area contributed by atoms with Gasteiger partial charge in [0, 0.05) is 16.5 Å². The molecule has 25 heavy (non-hydrogen) atoms. The maximum Gasteiger partial charge on any atom is 0.341 e. The van der Waals surface area contributed by atoms with Crippen LogP contribution in [-0.2, 0) is 17.6 Å². The maximum absolute atomic E-state index is 13.3. The summed E-state index contributed by atoms with van der Waals surface area (Å²) < 4.78 is 31.8. The fourth-order valence-corrected chi connectivity index (χ4v) is 4.21. The summed E-state index contributed by atoms with van der Waals surface area (Å²) in [6.07, 6.45) is 3.60. The Labute approximate surface area is 147 Å². The number of rotatable bonds is 4. The van der Waals surface area contributed by atoms with Gasteiger partial charge in [-0.25, -0.2) is 13.6 Å². The minimum absolute atomic E-state index is 0.140. The largest absolute Gasteiger partial charge is 0.462 e. The normalized spacial score (nSPS) is 13.2. The molecule has 2 aromatic rings. The van der Waals surface area contributed by atoms with Gasteiger partial charge < -0.3 is 10.1 Å². The van der Waals surface area contributed by atoms with Gasteiger partial charge >= 0.3 is 5.97 Å². The molecule has 0 fully saturated rings. The van der Waals surface area contributed by atoms with Gasteiger partial charge in [0.15, 0.2) is 0 Å². The molecule has 0 saturated heterocycles. The molecule has 1 heterocycles. The number of hydrogen-bond donors (Lipinski definition) is 1. The fraction of sp³-hybridized carbons (Fsp3) is 0.333. The van der Waals surface area contributed by atoms with Gasteiger partial charge in [-0.05, 0) is 50.3 Å². The first-order chi connectivity index (χ1) is 12.0. The van der Waals surface area contributed by atoms with Gasteiger partial charge in [-0.3, -0.25) is 4.79 Å². The van der Waals surface area contributed by atoms with Crippen LogP contribution in [0.1, 0.15) is 50.9 Å². The smallest absolute Gasteiger partial charge is 0.341 e. The number of carbonyl (C=O) groups is 2. The summed E-state index contributed by atoms with van der Waals surface area (Å²) in [6, 6.07) is 2.61. The standard InChI is InChI=1S/C18H17F2NO3S/c1-2-24-18(23)15-13-5-3-4-6-14(13)25-17(15)21-16(22)10-7-11(19)9-12(20)8-10/h7-9H,2-6H2,1H3,(H,21,22). The van der Waals surface area contributed by atoms with Crippen LogP contribution in [0, 0.1) is 11.6 Å². The van der Waals surface area contributed by atoms with E-state index in [0.29, 0.717) is 16.6 Å². The fourth-order valence-electron chi connectivity index (χ4n) is 2.93. The molecular formula is C18H17F2NO3S. The minimum atomic E-state index is -0.832. The Morgan fingerprint density at radius 3 is 2.52 bits per heavy atom. The maximum atomic E-state index is 13.3. The molecule has 3 rings (SSSR count). The van der Waals surface area contributed by atoms with Gasteiger partial charge in [0.05, 0.1) is 12.2 Å². The zero-order valence-electron chi connectivity index (χ0n) is 13.7.